The van der Waals surface area contributed by atoms with Crippen molar-refractivity contribution in [3.05, 3.63) is 24.5 Å². The molecule has 0 unspecified atom stereocenters. The zero-order valence-electron chi connectivity index (χ0n) is 6.29. The third-order valence-corrected chi connectivity index (χ3v) is 1.26. The van der Waals surface area contributed by atoms with E-state index in [9.17, 15) is 0 Å². The van der Waals surface area contributed by atoms with Gasteiger partial charge in [0.25, 0.3) is 0 Å². The molecule has 0 N–H and O–H groups in total. The van der Waals surface area contributed by atoms with E-state index in [4.69, 9.17) is 4.74 Å². The zero-order chi connectivity index (χ0) is 7.23. The molecule has 1 rings (SSSR count). The molecule has 0 saturated carbocycles. The van der Waals surface area contributed by atoms with Gasteiger partial charge in [-0.25, -0.2) is 0 Å². The van der Waals surface area contributed by atoms with Crippen LogP contribution in [0.3, 0.4) is 0 Å². The topological polar surface area (TPSA) is 14.2 Å². The van der Waals surface area contributed by atoms with Crippen LogP contribution in [0.5, 0.6) is 0 Å². The van der Waals surface area contributed by atoms with E-state index >= 15 is 0 Å². The standard InChI is InChI=1S/C8H13NO/c1-2-7-10-8-9-5-3-4-6-9/h3-6H,2,7-8H2,1H3. The minimum atomic E-state index is 0.681. The highest BCUT2D eigenvalue weighted by atomic mass is 16.5. The van der Waals surface area contributed by atoms with Gasteiger partial charge in [0.1, 0.15) is 6.73 Å². The van der Waals surface area contributed by atoms with Gasteiger partial charge in [-0.05, 0) is 18.6 Å². The molecular formula is C8H13NO. The van der Waals surface area contributed by atoms with Gasteiger partial charge in [-0.15, -0.1) is 0 Å². The highest BCUT2D eigenvalue weighted by molar-refractivity contribution is 4.89. The first-order chi connectivity index (χ1) is 4.93. The van der Waals surface area contributed by atoms with Crippen LogP contribution in [0.25, 0.3) is 0 Å². The Balaban J connectivity index is 2.15. The first-order valence-corrected chi connectivity index (χ1v) is 3.62. The third-order valence-electron chi connectivity index (χ3n) is 1.26. The predicted octanol–water partition coefficient (Wildman–Crippen LogP) is 1.87. The maximum atomic E-state index is 5.29. The second-order valence-corrected chi connectivity index (χ2v) is 2.23. The Kier molecular flexibility index (Phi) is 3.03. The van der Waals surface area contributed by atoms with Crippen molar-refractivity contribution in [3.8, 4) is 0 Å². The van der Waals surface area contributed by atoms with Crippen LogP contribution in [0.2, 0.25) is 0 Å². The molecule has 0 aromatic carbocycles. The monoisotopic (exact) mass is 139 g/mol. The van der Waals surface area contributed by atoms with Crippen LogP contribution in [-0.2, 0) is 11.5 Å². The Morgan fingerprint density at radius 3 is 2.60 bits per heavy atom. The summed E-state index contributed by atoms with van der Waals surface area (Å²) in [6.45, 7) is 3.63. The fourth-order valence-corrected chi connectivity index (χ4v) is 0.771. The van der Waals surface area contributed by atoms with Gasteiger partial charge in [0.15, 0.2) is 0 Å². The average Bonchev–Trinajstić information content (AvgIpc) is 2.41. The molecule has 1 aromatic rings. The summed E-state index contributed by atoms with van der Waals surface area (Å²) >= 11 is 0. The number of aromatic nitrogens is 1. The fourth-order valence-electron chi connectivity index (χ4n) is 0.771. The molecule has 0 aliphatic rings. The van der Waals surface area contributed by atoms with E-state index in [1.54, 1.807) is 0 Å². The molecule has 2 nitrogen and oxygen atoms in total. The van der Waals surface area contributed by atoms with E-state index < -0.39 is 0 Å². The first kappa shape index (κ1) is 7.35. The van der Waals surface area contributed by atoms with Crippen molar-refractivity contribution in [2.45, 2.75) is 20.1 Å². The van der Waals surface area contributed by atoms with Gasteiger partial charge in [0.05, 0.1) is 0 Å². The Morgan fingerprint density at radius 1 is 1.30 bits per heavy atom. The maximum absolute atomic E-state index is 5.29. The van der Waals surface area contributed by atoms with Crippen LogP contribution in [0, 0.1) is 0 Å². The lowest BCUT2D eigenvalue weighted by Crippen LogP contribution is -1.99. The van der Waals surface area contributed by atoms with Crippen molar-refractivity contribution < 1.29 is 4.74 Å². The minimum Gasteiger partial charge on any atom is -0.361 e. The van der Waals surface area contributed by atoms with Gasteiger partial charge in [0.2, 0.25) is 0 Å². The van der Waals surface area contributed by atoms with Gasteiger partial charge in [-0.1, -0.05) is 6.92 Å². The molecule has 56 valence electrons. The highest BCUT2D eigenvalue weighted by Crippen LogP contribution is 1.90. The van der Waals surface area contributed by atoms with Gasteiger partial charge < -0.3 is 9.30 Å². The second kappa shape index (κ2) is 4.12. The molecule has 0 aliphatic carbocycles. The second-order valence-electron chi connectivity index (χ2n) is 2.23. The zero-order valence-corrected chi connectivity index (χ0v) is 6.29. The summed E-state index contributed by atoms with van der Waals surface area (Å²) in [6, 6.07) is 3.99. The minimum absolute atomic E-state index is 0.681. The highest BCUT2D eigenvalue weighted by Gasteiger charge is 1.85. The molecule has 1 heterocycles. The lowest BCUT2D eigenvalue weighted by Gasteiger charge is -2.02. The Hall–Kier alpha value is -0.760. The Bertz CT molecular complexity index is 158. The van der Waals surface area contributed by atoms with Crippen LogP contribution in [-0.4, -0.2) is 11.2 Å². The van der Waals surface area contributed by atoms with Crippen molar-refractivity contribution in [2.24, 2.45) is 0 Å². The molecule has 0 fully saturated rings. The molecule has 0 saturated heterocycles. The summed E-state index contributed by atoms with van der Waals surface area (Å²) in [5.41, 5.74) is 0. The quantitative estimate of drug-likeness (QED) is 0.581. The van der Waals surface area contributed by atoms with Gasteiger partial charge >= 0.3 is 0 Å². The molecule has 0 radical (unpaired) electrons. The smallest absolute Gasteiger partial charge is 0.122 e. The SMILES string of the molecule is CCCOCn1cccc1. The van der Waals surface area contributed by atoms with Gasteiger partial charge in [0, 0.05) is 19.0 Å². The van der Waals surface area contributed by atoms with E-state index in [1.165, 1.54) is 0 Å². The normalized spacial score (nSPS) is 10.1. The average molecular weight is 139 g/mol. The molecular weight excluding hydrogens is 126 g/mol. The summed E-state index contributed by atoms with van der Waals surface area (Å²) in [7, 11) is 0. The van der Waals surface area contributed by atoms with E-state index in [0.717, 1.165) is 13.0 Å². The lowest BCUT2D eigenvalue weighted by molar-refractivity contribution is 0.0778. The van der Waals surface area contributed by atoms with Crippen LogP contribution < -0.4 is 0 Å². The van der Waals surface area contributed by atoms with Crippen molar-refractivity contribution in [1.82, 2.24) is 4.57 Å². The number of ether oxygens (including phenoxy) is 1. The molecule has 2 heteroatoms. The Labute approximate surface area is 61.4 Å². The number of nitrogens with zero attached hydrogens (tertiary/aromatic N) is 1. The summed E-state index contributed by atoms with van der Waals surface area (Å²) in [5, 5.41) is 0. The molecule has 0 spiro atoms. The van der Waals surface area contributed by atoms with Gasteiger partial charge in [-0.3, -0.25) is 0 Å². The van der Waals surface area contributed by atoms with E-state index in [0.29, 0.717) is 6.73 Å². The van der Waals surface area contributed by atoms with Crippen molar-refractivity contribution in [1.29, 1.82) is 0 Å². The van der Waals surface area contributed by atoms with Crippen molar-refractivity contribution >= 4 is 0 Å². The molecule has 10 heavy (non-hydrogen) atoms. The summed E-state index contributed by atoms with van der Waals surface area (Å²) in [6.07, 6.45) is 5.08. The van der Waals surface area contributed by atoms with Crippen LogP contribution in [0.1, 0.15) is 13.3 Å². The van der Waals surface area contributed by atoms with Crippen LogP contribution in [0.15, 0.2) is 24.5 Å². The summed E-state index contributed by atoms with van der Waals surface area (Å²) in [5.74, 6) is 0. The first-order valence-electron chi connectivity index (χ1n) is 3.62. The fraction of sp³-hybridized carbons (Fsp3) is 0.500. The Morgan fingerprint density at radius 2 is 2.00 bits per heavy atom. The summed E-state index contributed by atoms with van der Waals surface area (Å²) < 4.78 is 7.30. The predicted molar refractivity (Wildman–Crippen MR) is 40.7 cm³/mol. The van der Waals surface area contributed by atoms with Crippen molar-refractivity contribution in [3.63, 3.8) is 0 Å². The molecule has 0 atom stereocenters. The largest absolute Gasteiger partial charge is 0.361 e. The van der Waals surface area contributed by atoms with E-state index in [-0.39, 0.29) is 0 Å². The number of hydrogen-bond donors (Lipinski definition) is 0. The van der Waals surface area contributed by atoms with E-state index in [1.807, 2.05) is 29.1 Å². The maximum Gasteiger partial charge on any atom is 0.122 e. The van der Waals surface area contributed by atoms with Gasteiger partial charge in [-0.2, -0.15) is 0 Å². The van der Waals surface area contributed by atoms with Crippen LogP contribution in [0.4, 0.5) is 0 Å². The molecule has 1 aromatic heterocycles. The third kappa shape index (κ3) is 2.23. The lowest BCUT2D eigenvalue weighted by atomic mass is 10.5. The van der Waals surface area contributed by atoms with E-state index in [2.05, 4.69) is 6.92 Å². The summed E-state index contributed by atoms with van der Waals surface area (Å²) in [4.78, 5) is 0. The number of rotatable bonds is 4. The molecule has 0 bridgehead atoms. The molecule has 0 amide bonds. The number of hydrogen-bond acceptors (Lipinski definition) is 1. The van der Waals surface area contributed by atoms with Crippen LogP contribution >= 0.6 is 0 Å². The molecule has 0 aliphatic heterocycles. The van der Waals surface area contributed by atoms with Crippen molar-refractivity contribution in [2.75, 3.05) is 6.61 Å².